The number of rotatable bonds is 10. The summed E-state index contributed by atoms with van der Waals surface area (Å²) in [7, 11) is 3.11. The summed E-state index contributed by atoms with van der Waals surface area (Å²) >= 11 is 0. The van der Waals surface area contributed by atoms with Gasteiger partial charge in [0, 0.05) is 27.1 Å². The van der Waals surface area contributed by atoms with Crippen molar-refractivity contribution in [1.82, 2.24) is 0 Å². The minimum absolute atomic E-state index is 0.120. The van der Waals surface area contributed by atoms with Crippen molar-refractivity contribution in [3.63, 3.8) is 0 Å². The fourth-order valence-electron chi connectivity index (χ4n) is 1.32. The summed E-state index contributed by atoms with van der Waals surface area (Å²) in [4.78, 5) is 23.0. The number of hydrogen-bond acceptors (Lipinski definition) is 6. The quantitative estimate of drug-likeness (QED) is 0.569. The predicted octanol–water partition coefficient (Wildman–Crippen LogP) is 1.56. The summed E-state index contributed by atoms with van der Waals surface area (Å²) < 4.78 is 20.0. The number of carbonyl (C=O) groups is 2. The van der Waals surface area contributed by atoms with Gasteiger partial charge in [0.05, 0.1) is 12.2 Å². The van der Waals surface area contributed by atoms with Crippen LogP contribution in [0.5, 0.6) is 0 Å². The number of ether oxygens (including phenoxy) is 4. The fourth-order valence-corrected chi connectivity index (χ4v) is 1.32. The molecule has 0 aromatic rings. The van der Waals surface area contributed by atoms with Crippen molar-refractivity contribution in [3.8, 4) is 0 Å². The Hall–Kier alpha value is -1.14. The van der Waals surface area contributed by atoms with Crippen molar-refractivity contribution >= 4 is 11.9 Å². The molecule has 118 valence electrons. The van der Waals surface area contributed by atoms with Crippen LogP contribution in [0.4, 0.5) is 0 Å². The Kier molecular flexibility index (Phi) is 10.0. The monoisotopic (exact) mass is 290 g/mol. The van der Waals surface area contributed by atoms with Crippen LogP contribution in [0.1, 0.15) is 33.6 Å². The number of esters is 2. The van der Waals surface area contributed by atoms with E-state index < -0.39 is 0 Å². The van der Waals surface area contributed by atoms with Crippen molar-refractivity contribution in [2.75, 3.05) is 27.4 Å². The summed E-state index contributed by atoms with van der Waals surface area (Å²) in [5.41, 5.74) is 0. The van der Waals surface area contributed by atoms with E-state index >= 15 is 0 Å². The molecule has 2 unspecified atom stereocenters. The van der Waals surface area contributed by atoms with E-state index in [4.69, 9.17) is 18.9 Å². The first-order valence-corrected chi connectivity index (χ1v) is 6.75. The fraction of sp³-hybridized carbons (Fsp3) is 0.857. The lowest BCUT2D eigenvalue weighted by Crippen LogP contribution is -2.21. The molecule has 0 spiro atoms. The standard InChI is InChI=1S/C14H26O6/c1-10(6-13(15)19-8-11(2)17-4)7-14(16)20-9-12(3)18-5/h10-12H,6-9H2,1-5H3. The summed E-state index contributed by atoms with van der Waals surface area (Å²) in [6, 6.07) is 0. The van der Waals surface area contributed by atoms with Crippen molar-refractivity contribution in [2.24, 2.45) is 5.92 Å². The van der Waals surface area contributed by atoms with Gasteiger partial charge < -0.3 is 18.9 Å². The maximum atomic E-state index is 11.5. The molecule has 0 amide bonds. The van der Waals surface area contributed by atoms with Crippen LogP contribution >= 0.6 is 0 Å². The van der Waals surface area contributed by atoms with Gasteiger partial charge in [0.25, 0.3) is 0 Å². The van der Waals surface area contributed by atoms with Crippen molar-refractivity contribution in [2.45, 2.75) is 45.8 Å². The molecule has 0 saturated carbocycles. The molecule has 20 heavy (non-hydrogen) atoms. The van der Waals surface area contributed by atoms with Gasteiger partial charge in [-0.05, 0) is 19.8 Å². The second kappa shape index (κ2) is 10.6. The molecule has 0 aromatic carbocycles. The van der Waals surface area contributed by atoms with Gasteiger partial charge in [-0.1, -0.05) is 6.92 Å². The van der Waals surface area contributed by atoms with E-state index in [9.17, 15) is 9.59 Å². The average molecular weight is 290 g/mol. The van der Waals surface area contributed by atoms with Gasteiger partial charge >= 0.3 is 11.9 Å². The molecule has 0 aliphatic carbocycles. The first kappa shape index (κ1) is 18.9. The minimum Gasteiger partial charge on any atom is -0.463 e. The molecule has 6 nitrogen and oxygen atoms in total. The highest BCUT2D eigenvalue weighted by Crippen LogP contribution is 2.10. The van der Waals surface area contributed by atoms with Crippen LogP contribution in [0.2, 0.25) is 0 Å². The van der Waals surface area contributed by atoms with Gasteiger partial charge in [-0.2, -0.15) is 0 Å². The van der Waals surface area contributed by atoms with Gasteiger partial charge in [0.2, 0.25) is 0 Å². The first-order chi connectivity index (χ1) is 9.38. The molecular formula is C14H26O6. The van der Waals surface area contributed by atoms with Crippen LogP contribution < -0.4 is 0 Å². The van der Waals surface area contributed by atoms with E-state index in [1.807, 2.05) is 20.8 Å². The Balaban J connectivity index is 3.83. The molecule has 2 atom stereocenters. The topological polar surface area (TPSA) is 71.1 Å². The maximum Gasteiger partial charge on any atom is 0.306 e. The predicted molar refractivity (Wildman–Crippen MR) is 73.3 cm³/mol. The van der Waals surface area contributed by atoms with Crippen LogP contribution in [0.25, 0.3) is 0 Å². The van der Waals surface area contributed by atoms with E-state index in [1.54, 1.807) is 14.2 Å². The van der Waals surface area contributed by atoms with Gasteiger partial charge in [0.1, 0.15) is 13.2 Å². The van der Waals surface area contributed by atoms with Gasteiger partial charge in [-0.3, -0.25) is 9.59 Å². The molecule has 0 bridgehead atoms. The first-order valence-electron chi connectivity index (χ1n) is 6.75. The van der Waals surface area contributed by atoms with Crippen molar-refractivity contribution < 1.29 is 28.5 Å². The van der Waals surface area contributed by atoms with E-state index in [0.717, 1.165) is 0 Å². The molecule has 0 fully saturated rings. The Morgan fingerprint density at radius 1 is 0.800 bits per heavy atom. The van der Waals surface area contributed by atoms with Crippen LogP contribution in [-0.2, 0) is 28.5 Å². The van der Waals surface area contributed by atoms with Gasteiger partial charge in [0.15, 0.2) is 0 Å². The second-order valence-corrected chi connectivity index (χ2v) is 4.97. The SMILES string of the molecule is COC(C)COC(=O)CC(C)CC(=O)OCC(C)OC. The maximum absolute atomic E-state index is 11.5. The third kappa shape index (κ3) is 9.75. The number of methoxy groups -OCH3 is 2. The Morgan fingerprint density at radius 3 is 1.45 bits per heavy atom. The lowest BCUT2D eigenvalue weighted by atomic mass is 10.0. The van der Waals surface area contributed by atoms with E-state index in [2.05, 4.69) is 0 Å². The highest BCUT2D eigenvalue weighted by atomic mass is 16.6. The summed E-state index contributed by atoms with van der Waals surface area (Å²) in [5, 5.41) is 0. The third-order valence-corrected chi connectivity index (χ3v) is 2.79. The molecule has 0 heterocycles. The summed E-state index contributed by atoms with van der Waals surface area (Å²) in [5.74, 6) is -0.787. The molecule has 0 aromatic heterocycles. The average Bonchev–Trinajstić information content (AvgIpc) is 2.41. The smallest absolute Gasteiger partial charge is 0.306 e. The van der Waals surface area contributed by atoms with Crippen LogP contribution in [0.15, 0.2) is 0 Å². The number of carbonyl (C=O) groups excluding carboxylic acids is 2. The molecule has 0 N–H and O–H groups in total. The van der Waals surface area contributed by atoms with Gasteiger partial charge in [-0.25, -0.2) is 0 Å². The number of hydrogen-bond donors (Lipinski definition) is 0. The highest BCUT2D eigenvalue weighted by molar-refractivity contribution is 5.73. The summed E-state index contributed by atoms with van der Waals surface area (Å²) in [6.07, 6.45) is 0.112. The van der Waals surface area contributed by atoms with Gasteiger partial charge in [-0.15, -0.1) is 0 Å². The van der Waals surface area contributed by atoms with E-state index in [0.29, 0.717) is 0 Å². The Labute approximate surface area is 120 Å². The minimum atomic E-state index is -0.334. The van der Waals surface area contributed by atoms with Crippen LogP contribution in [0.3, 0.4) is 0 Å². The second-order valence-electron chi connectivity index (χ2n) is 4.97. The zero-order chi connectivity index (χ0) is 15.5. The lowest BCUT2D eigenvalue weighted by Gasteiger charge is -2.14. The molecular weight excluding hydrogens is 264 g/mol. The largest absolute Gasteiger partial charge is 0.463 e. The summed E-state index contributed by atoms with van der Waals surface area (Å²) in [6.45, 7) is 5.87. The normalized spacial score (nSPS) is 15.2. The molecule has 0 saturated heterocycles. The highest BCUT2D eigenvalue weighted by Gasteiger charge is 2.16. The molecule has 6 heteroatoms. The molecule has 0 aliphatic rings. The zero-order valence-electron chi connectivity index (χ0n) is 13.0. The third-order valence-electron chi connectivity index (χ3n) is 2.79. The van der Waals surface area contributed by atoms with E-state index in [1.165, 1.54) is 0 Å². The zero-order valence-corrected chi connectivity index (χ0v) is 13.0. The lowest BCUT2D eigenvalue weighted by molar-refractivity contribution is -0.150. The Morgan fingerprint density at radius 2 is 1.15 bits per heavy atom. The molecule has 0 rings (SSSR count). The van der Waals surface area contributed by atoms with Crippen molar-refractivity contribution in [1.29, 1.82) is 0 Å². The molecule has 0 aliphatic heterocycles. The Bertz CT molecular complexity index is 263. The van der Waals surface area contributed by atoms with Crippen LogP contribution in [0, 0.1) is 5.92 Å². The van der Waals surface area contributed by atoms with Crippen LogP contribution in [-0.4, -0.2) is 51.6 Å². The van der Waals surface area contributed by atoms with Crippen molar-refractivity contribution in [3.05, 3.63) is 0 Å². The van der Waals surface area contributed by atoms with E-state index in [-0.39, 0.29) is 56.1 Å². The molecule has 0 radical (unpaired) electrons.